The number of halogens is 4. The molecule has 0 aliphatic heterocycles. The first-order chi connectivity index (χ1) is 10.2. The zero-order valence-corrected chi connectivity index (χ0v) is 12.1. The van der Waals surface area contributed by atoms with Crippen LogP contribution in [0.1, 0.15) is 5.56 Å². The van der Waals surface area contributed by atoms with Gasteiger partial charge < -0.3 is 11.1 Å². The second-order valence-electron chi connectivity index (χ2n) is 4.47. The highest BCUT2D eigenvalue weighted by molar-refractivity contribution is 8.00. The molecule has 0 radical (unpaired) electrons. The molecule has 0 saturated heterocycles. The third kappa shape index (κ3) is 7.30. The molecular formula is C13H14F4N2O2S. The molecule has 0 bridgehead atoms. The number of primary amides is 1. The number of carbonyl (C=O) groups excluding carboxylic acids is 2. The predicted octanol–water partition coefficient (Wildman–Crippen LogP) is 1.84. The van der Waals surface area contributed by atoms with Crippen molar-refractivity contribution in [1.29, 1.82) is 0 Å². The molecule has 22 heavy (non-hydrogen) atoms. The first kappa shape index (κ1) is 18.3. The van der Waals surface area contributed by atoms with Crippen LogP contribution < -0.4 is 11.1 Å². The molecule has 1 aromatic rings. The lowest BCUT2D eigenvalue weighted by Gasteiger charge is -2.14. The maximum Gasteiger partial charge on any atom is 0.442 e. The molecule has 1 aromatic carbocycles. The van der Waals surface area contributed by atoms with Crippen molar-refractivity contribution in [2.24, 2.45) is 11.7 Å². The topological polar surface area (TPSA) is 72.2 Å². The van der Waals surface area contributed by atoms with Crippen molar-refractivity contribution in [3.8, 4) is 0 Å². The quantitative estimate of drug-likeness (QED) is 0.745. The summed E-state index contributed by atoms with van der Waals surface area (Å²) in [5.74, 6) is -3.55. The van der Waals surface area contributed by atoms with Gasteiger partial charge in [0.25, 0.3) is 0 Å². The third-order valence-electron chi connectivity index (χ3n) is 2.71. The third-order valence-corrected chi connectivity index (χ3v) is 3.44. The zero-order chi connectivity index (χ0) is 16.8. The summed E-state index contributed by atoms with van der Waals surface area (Å²) in [7, 11) is 0. The molecule has 1 rings (SSSR count). The molecular weight excluding hydrogens is 324 g/mol. The Kier molecular flexibility index (Phi) is 6.66. The number of carbonyl (C=O) groups is 2. The van der Waals surface area contributed by atoms with Crippen molar-refractivity contribution in [3.63, 3.8) is 0 Å². The van der Waals surface area contributed by atoms with Crippen LogP contribution in [0.25, 0.3) is 0 Å². The van der Waals surface area contributed by atoms with Crippen LogP contribution >= 0.6 is 11.8 Å². The Labute approximate surface area is 128 Å². The van der Waals surface area contributed by atoms with Gasteiger partial charge in [0.05, 0.1) is 11.7 Å². The Morgan fingerprint density at radius 1 is 1.23 bits per heavy atom. The van der Waals surface area contributed by atoms with E-state index in [1.807, 2.05) is 0 Å². The number of benzene rings is 1. The van der Waals surface area contributed by atoms with E-state index in [1.54, 1.807) is 0 Å². The molecule has 1 unspecified atom stereocenters. The Morgan fingerprint density at radius 3 is 2.32 bits per heavy atom. The molecule has 9 heteroatoms. The molecule has 122 valence electrons. The summed E-state index contributed by atoms with van der Waals surface area (Å²) in [5.41, 5.74) is 1.33. The molecule has 0 heterocycles. The van der Waals surface area contributed by atoms with Gasteiger partial charge in [0.1, 0.15) is 5.82 Å². The molecule has 2 amide bonds. The van der Waals surface area contributed by atoms with Crippen molar-refractivity contribution in [3.05, 3.63) is 35.6 Å². The Balaban J connectivity index is 2.49. The van der Waals surface area contributed by atoms with E-state index in [0.717, 1.165) is 0 Å². The fourth-order valence-electron chi connectivity index (χ4n) is 1.61. The van der Waals surface area contributed by atoms with Gasteiger partial charge in [-0.05, 0) is 35.9 Å². The smallest absolute Gasteiger partial charge is 0.369 e. The highest BCUT2D eigenvalue weighted by Gasteiger charge is 2.29. The molecule has 0 aromatic heterocycles. The van der Waals surface area contributed by atoms with Crippen LogP contribution in [0.3, 0.4) is 0 Å². The molecule has 0 aliphatic carbocycles. The van der Waals surface area contributed by atoms with Gasteiger partial charge in [-0.15, -0.1) is 0 Å². The SMILES string of the molecule is NC(=O)C(CNC(=O)CSC(F)(F)F)Cc1ccc(F)cc1. The van der Waals surface area contributed by atoms with Crippen LogP contribution in [0.4, 0.5) is 17.6 Å². The Bertz CT molecular complexity index is 520. The van der Waals surface area contributed by atoms with E-state index in [9.17, 15) is 27.2 Å². The van der Waals surface area contributed by atoms with E-state index in [-0.39, 0.29) is 13.0 Å². The van der Waals surface area contributed by atoms with Crippen LogP contribution in [-0.4, -0.2) is 29.6 Å². The largest absolute Gasteiger partial charge is 0.442 e. The molecule has 0 aliphatic rings. The Morgan fingerprint density at radius 2 is 1.82 bits per heavy atom. The number of nitrogens with two attached hydrogens (primary N) is 1. The van der Waals surface area contributed by atoms with Crippen molar-refractivity contribution in [1.82, 2.24) is 5.32 Å². The predicted molar refractivity (Wildman–Crippen MR) is 74.3 cm³/mol. The Hall–Kier alpha value is -1.77. The first-order valence-corrected chi connectivity index (χ1v) is 7.17. The van der Waals surface area contributed by atoms with Crippen molar-refractivity contribution >= 4 is 23.6 Å². The minimum atomic E-state index is -4.49. The molecule has 0 saturated carbocycles. The minimum absolute atomic E-state index is 0.155. The first-order valence-electron chi connectivity index (χ1n) is 6.18. The lowest BCUT2D eigenvalue weighted by Crippen LogP contribution is -2.38. The number of nitrogens with one attached hydrogen (secondary N) is 1. The number of hydrogen-bond donors (Lipinski definition) is 2. The van der Waals surface area contributed by atoms with E-state index in [0.29, 0.717) is 5.56 Å². The van der Waals surface area contributed by atoms with Crippen LogP contribution in [0.15, 0.2) is 24.3 Å². The van der Waals surface area contributed by atoms with Gasteiger partial charge in [-0.1, -0.05) is 12.1 Å². The van der Waals surface area contributed by atoms with Crippen molar-refractivity contribution in [2.75, 3.05) is 12.3 Å². The summed E-state index contributed by atoms with van der Waals surface area (Å²) in [6.45, 7) is -0.177. The maximum atomic E-state index is 12.8. The summed E-state index contributed by atoms with van der Waals surface area (Å²) < 4.78 is 48.6. The maximum absolute atomic E-state index is 12.8. The van der Waals surface area contributed by atoms with Crippen LogP contribution in [0.2, 0.25) is 0 Å². The number of alkyl halides is 3. The second kappa shape index (κ2) is 8.02. The lowest BCUT2D eigenvalue weighted by atomic mass is 9.98. The van der Waals surface area contributed by atoms with Gasteiger partial charge in [-0.3, -0.25) is 9.59 Å². The molecule has 4 nitrogen and oxygen atoms in total. The fraction of sp³-hybridized carbons (Fsp3) is 0.385. The summed E-state index contributed by atoms with van der Waals surface area (Å²) in [4.78, 5) is 22.6. The summed E-state index contributed by atoms with van der Waals surface area (Å²) in [6, 6.07) is 5.36. The highest BCUT2D eigenvalue weighted by Crippen LogP contribution is 2.29. The fourth-order valence-corrected chi connectivity index (χ4v) is 2.01. The number of thioether (sulfide) groups is 1. The summed E-state index contributed by atoms with van der Waals surface area (Å²) >= 11 is -0.463. The molecule has 0 spiro atoms. The van der Waals surface area contributed by atoms with Gasteiger partial charge in [0.2, 0.25) is 11.8 Å². The minimum Gasteiger partial charge on any atom is -0.369 e. The number of hydrogen-bond acceptors (Lipinski definition) is 3. The number of amides is 2. The summed E-state index contributed by atoms with van der Waals surface area (Å²) in [5, 5.41) is 2.23. The molecule has 1 atom stereocenters. The molecule has 3 N–H and O–H groups in total. The number of rotatable bonds is 7. The zero-order valence-electron chi connectivity index (χ0n) is 11.3. The van der Waals surface area contributed by atoms with Gasteiger partial charge in [-0.25, -0.2) is 4.39 Å². The lowest BCUT2D eigenvalue weighted by molar-refractivity contribution is -0.122. The van der Waals surface area contributed by atoms with Crippen molar-refractivity contribution < 1.29 is 27.2 Å². The second-order valence-corrected chi connectivity index (χ2v) is 5.51. The van der Waals surface area contributed by atoms with Gasteiger partial charge in [0.15, 0.2) is 0 Å². The van der Waals surface area contributed by atoms with E-state index < -0.39 is 46.6 Å². The van der Waals surface area contributed by atoms with Crippen LogP contribution in [-0.2, 0) is 16.0 Å². The van der Waals surface area contributed by atoms with E-state index in [1.165, 1.54) is 24.3 Å². The van der Waals surface area contributed by atoms with Gasteiger partial charge in [0, 0.05) is 6.54 Å². The van der Waals surface area contributed by atoms with Crippen LogP contribution in [0.5, 0.6) is 0 Å². The normalized spacial score (nSPS) is 12.7. The van der Waals surface area contributed by atoms with Gasteiger partial charge >= 0.3 is 5.51 Å². The monoisotopic (exact) mass is 338 g/mol. The van der Waals surface area contributed by atoms with Crippen LogP contribution in [0, 0.1) is 11.7 Å². The average Bonchev–Trinajstić information content (AvgIpc) is 2.42. The summed E-state index contributed by atoms with van der Waals surface area (Å²) in [6.07, 6.45) is 0.155. The average molecular weight is 338 g/mol. The van der Waals surface area contributed by atoms with E-state index in [2.05, 4.69) is 5.32 Å². The van der Waals surface area contributed by atoms with E-state index in [4.69, 9.17) is 5.73 Å². The molecule has 0 fully saturated rings. The standard InChI is InChI=1S/C13H14F4N2O2S/c14-10-3-1-8(2-4-10)5-9(12(18)21)6-19-11(20)7-22-13(15,16)17/h1-4,9H,5-7H2,(H2,18,21)(H,19,20). The van der Waals surface area contributed by atoms with Crippen molar-refractivity contribution in [2.45, 2.75) is 11.9 Å². The highest BCUT2D eigenvalue weighted by atomic mass is 32.2. The van der Waals surface area contributed by atoms with E-state index >= 15 is 0 Å². The van der Waals surface area contributed by atoms with Gasteiger partial charge in [-0.2, -0.15) is 13.2 Å².